The van der Waals surface area contributed by atoms with Gasteiger partial charge >= 0.3 is 0 Å². The molecule has 1 aliphatic rings. The number of amides is 1. The topological polar surface area (TPSA) is 61.4 Å². The second-order valence-electron chi connectivity index (χ2n) is 7.73. The lowest BCUT2D eigenvalue weighted by Gasteiger charge is -2.34. The number of piperazine rings is 1. The van der Waals surface area contributed by atoms with Crippen LogP contribution in [0.4, 0.5) is 11.6 Å². The average molecular weight is 402 g/mol. The maximum absolute atomic E-state index is 13.0. The first-order valence-corrected chi connectivity index (χ1v) is 10.3. The van der Waals surface area contributed by atoms with Crippen LogP contribution in [0.15, 0.2) is 60.7 Å². The van der Waals surface area contributed by atoms with Crippen LogP contribution in [0.3, 0.4) is 0 Å². The Bertz CT molecular complexity index is 993. The van der Waals surface area contributed by atoms with Gasteiger partial charge in [0.25, 0.3) is 5.91 Å². The standard InChI is InChI=1S/C24H27N5O/c1-18-15-19(2)26-24(25-18)27-22-10-6-9-21(16-22)23(30)29-13-11-28(12-14-29)17-20-7-4-3-5-8-20/h3-10,15-16H,11-14,17H2,1-2H3,(H,25,26,27). The lowest BCUT2D eigenvalue weighted by atomic mass is 10.1. The van der Waals surface area contributed by atoms with E-state index in [1.54, 1.807) is 0 Å². The molecule has 0 aliphatic carbocycles. The summed E-state index contributed by atoms with van der Waals surface area (Å²) < 4.78 is 0. The van der Waals surface area contributed by atoms with Crippen molar-refractivity contribution in [1.29, 1.82) is 0 Å². The van der Waals surface area contributed by atoms with Crippen molar-refractivity contribution < 1.29 is 4.79 Å². The number of aromatic nitrogens is 2. The van der Waals surface area contributed by atoms with Gasteiger partial charge in [0.1, 0.15) is 0 Å². The van der Waals surface area contributed by atoms with E-state index >= 15 is 0 Å². The Kier molecular flexibility index (Phi) is 6.05. The number of nitrogens with one attached hydrogen (secondary N) is 1. The number of anilines is 2. The molecule has 4 rings (SSSR count). The van der Waals surface area contributed by atoms with Crippen LogP contribution in [0, 0.1) is 13.8 Å². The molecule has 154 valence electrons. The molecule has 30 heavy (non-hydrogen) atoms. The number of aryl methyl sites for hydroxylation is 2. The van der Waals surface area contributed by atoms with Crippen LogP contribution in [0.1, 0.15) is 27.3 Å². The Labute approximate surface area is 177 Å². The molecule has 0 radical (unpaired) electrons. The van der Waals surface area contributed by atoms with Gasteiger partial charge in [-0.25, -0.2) is 9.97 Å². The van der Waals surface area contributed by atoms with E-state index < -0.39 is 0 Å². The van der Waals surface area contributed by atoms with E-state index in [9.17, 15) is 4.79 Å². The van der Waals surface area contributed by atoms with Crippen LogP contribution in [0.5, 0.6) is 0 Å². The fourth-order valence-corrected chi connectivity index (χ4v) is 3.77. The van der Waals surface area contributed by atoms with Crippen molar-refractivity contribution in [2.75, 3.05) is 31.5 Å². The zero-order valence-corrected chi connectivity index (χ0v) is 17.5. The van der Waals surface area contributed by atoms with Crippen molar-refractivity contribution in [3.05, 3.63) is 83.2 Å². The third-order valence-corrected chi connectivity index (χ3v) is 5.26. The zero-order valence-electron chi connectivity index (χ0n) is 17.5. The quantitative estimate of drug-likeness (QED) is 0.705. The second kappa shape index (κ2) is 9.05. The molecule has 2 heterocycles. The van der Waals surface area contributed by atoms with Gasteiger partial charge in [0, 0.05) is 55.4 Å². The van der Waals surface area contributed by atoms with Gasteiger partial charge in [0.2, 0.25) is 5.95 Å². The maximum atomic E-state index is 13.0. The van der Waals surface area contributed by atoms with Crippen LogP contribution in [0.25, 0.3) is 0 Å². The van der Waals surface area contributed by atoms with Gasteiger partial charge in [-0.3, -0.25) is 9.69 Å². The summed E-state index contributed by atoms with van der Waals surface area (Å²) in [6.07, 6.45) is 0. The van der Waals surface area contributed by atoms with Crippen LogP contribution in [-0.2, 0) is 6.54 Å². The van der Waals surface area contributed by atoms with Crippen molar-refractivity contribution in [3.63, 3.8) is 0 Å². The minimum absolute atomic E-state index is 0.0688. The second-order valence-corrected chi connectivity index (χ2v) is 7.73. The molecule has 2 aromatic carbocycles. The molecule has 0 spiro atoms. The third-order valence-electron chi connectivity index (χ3n) is 5.26. The average Bonchev–Trinajstić information content (AvgIpc) is 2.74. The van der Waals surface area contributed by atoms with Crippen molar-refractivity contribution in [2.24, 2.45) is 0 Å². The number of hydrogen-bond acceptors (Lipinski definition) is 5. The highest BCUT2D eigenvalue weighted by atomic mass is 16.2. The van der Waals surface area contributed by atoms with Crippen molar-refractivity contribution >= 4 is 17.5 Å². The molecule has 0 bridgehead atoms. The van der Waals surface area contributed by atoms with Gasteiger partial charge in [0.15, 0.2) is 0 Å². The van der Waals surface area contributed by atoms with E-state index in [0.29, 0.717) is 11.5 Å². The Morgan fingerprint density at radius 1 is 0.900 bits per heavy atom. The van der Waals surface area contributed by atoms with Gasteiger partial charge < -0.3 is 10.2 Å². The van der Waals surface area contributed by atoms with E-state index in [1.165, 1.54) is 5.56 Å². The summed E-state index contributed by atoms with van der Waals surface area (Å²) in [5, 5.41) is 3.22. The van der Waals surface area contributed by atoms with E-state index in [4.69, 9.17) is 0 Å². The Hall–Kier alpha value is -3.25. The number of rotatable bonds is 5. The third kappa shape index (κ3) is 5.02. The number of benzene rings is 2. The summed E-state index contributed by atoms with van der Waals surface area (Å²) in [6, 6.07) is 20.0. The molecule has 1 aliphatic heterocycles. The van der Waals surface area contributed by atoms with Gasteiger partial charge in [-0.2, -0.15) is 0 Å². The molecule has 3 aromatic rings. The molecule has 1 amide bonds. The number of carbonyl (C=O) groups excluding carboxylic acids is 1. The number of nitrogens with zero attached hydrogens (tertiary/aromatic N) is 4. The summed E-state index contributed by atoms with van der Waals surface area (Å²) in [4.78, 5) is 26.2. The van der Waals surface area contributed by atoms with Gasteiger partial charge in [0.05, 0.1) is 0 Å². The summed E-state index contributed by atoms with van der Waals surface area (Å²) in [6.45, 7) is 8.06. The van der Waals surface area contributed by atoms with E-state index in [-0.39, 0.29) is 5.91 Å². The highest BCUT2D eigenvalue weighted by Crippen LogP contribution is 2.18. The molecule has 6 nitrogen and oxygen atoms in total. The van der Waals surface area contributed by atoms with E-state index in [1.807, 2.05) is 55.1 Å². The summed E-state index contributed by atoms with van der Waals surface area (Å²) >= 11 is 0. The lowest BCUT2D eigenvalue weighted by molar-refractivity contribution is 0.0628. The van der Waals surface area contributed by atoms with E-state index in [2.05, 4.69) is 44.5 Å². The molecule has 0 unspecified atom stereocenters. The molecule has 1 N–H and O–H groups in total. The molecule has 1 fully saturated rings. The maximum Gasteiger partial charge on any atom is 0.254 e. The minimum atomic E-state index is 0.0688. The predicted molar refractivity (Wildman–Crippen MR) is 119 cm³/mol. The molecule has 1 aromatic heterocycles. The van der Waals surface area contributed by atoms with Crippen LogP contribution < -0.4 is 5.32 Å². The van der Waals surface area contributed by atoms with Crippen LogP contribution >= 0.6 is 0 Å². The fourth-order valence-electron chi connectivity index (χ4n) is 3.77. The predicted octanol–water partition coefficient (Wildman–Crippen LogP) is 3.80. The number of hydrogen-bond donors (Lipinski definition) is 1. The normalized spacial score (nSPS) is 14.5. The summed E-state index contributed by atoms with van der Waals surface area (Å²) in [5.74, 6) is 0.617. The molecule has 6 heteroatoms. The van der Waals surface area contributed by atoms with E-state index in [0.717, 1.165) is 49.8 Å². The Morgan fingerprint density at radius 2 is 1.60 bits per heavy atom. The highest BCUT2D eigenvalue weighted by molar-refractivity contribution is 5.95. The lowest BCUT2D eigenvalue weighted by Crippen LogP contribution is -2.48. The molecular weight excluding hydrogens is 374 g/mol. The Balaban J connectivity index is 1.37. The van der Waals surface area contributed by atoms with Gasteiger partial charge in [-0.05, 0) is 43.7 Å². The van der Waals surface area contributed by atoms with Crippen molar-refractivity contribution in [3.8, 4) is 0 Å². The monoisotopic (exact) mass is 401 g/mol. The van der Waals surface area contributed by atoms with Gasteiger partial charge in [-0.15, -0.1) is 0 Å². The zero-order chi connectivity index (χ0) is 20.9. The first-order chi connectivity index (χ1) is 14.6. The molecule has 0 saturated carbocycles. The van der Waals surface area contributed by atoms with Crippen molar-refractivity contribution in [1.82, 2.24) is 19.8 Å². The van der Waals surface area contributed by atoms with Crippen LogP contribution in [-0.4, -0.2) is 51.9 Å². The van der Waals surface area contributed by atoms with Gasteiger partial charge in [-0.1, -0.05) is 36.4 Å². The molecule has 0 atom stereocenters. The van der Waals surface area contributed by atoms with Crippen LogP contribution in [0.2, 0.25) is 0 Å². The molecule has 1 saturated heterocycles. The number of carbonyl (C=O) groups is 1. The summed E-state index contributed by atoms with van der Waals surface area (Å²) in [5.41, 5.74) is 4.62. The first kappa shape index (κ1) is 20.0. The largest absolute Gasteiger partial charge is 0.336 e. The summed E-state index contributed by atoms with van der Waals surface area (Å²) in [7, 11) is 0. The first-order valence-electron chi connectivity index (χ1n) is 10.3. The Morgan fingerprint density at radius 3 is 2.30 bits per heavy atom. The SMILES string of the molecule is Cc1cc(C)nc(Nc2cccc(C(=O)N3CCN(Cc4ccccc4)CC3)c2)n1. The molecular formula is C24H27N5O. The smallest absolute Gasteiger partial charge is 0.254 e. The van der Waals surface area contributed by atoms with Crippen molar-refractivity contribution in [2.45, 2.75) is 20.4 Å². The fraction of sp³-hybridized carbons (Fsp3) is 0.292. The highest BCUT2D eigenvalue weighted by Gasteiger charge is 2.22. The minimum Gasteiger partial charge on any atom is -0.336 e.